The van der Waals surface area contributed by atoms with Crippen LogP contribution < -0.4 is 21.1 Å². The van der Waals surface area contributed by atoms with Crippen molar-refractivity contribution in [2.24, 2.45) is 0 Å². The Morgan fingerprint density at radius 2 is 2.26 bits per heavy atom. The van der Waals surface area contributed by atoms with Crippen molar-refractivity contribution in [2.45, 2.75) is 26.2 Å². The summed E-state index contributed by atoms with van der Waals surface area (Å²) in [5.74, 6) is 0.476. The van der Waals surface area contributed by atoms with Gasteiger partial charge in [0.05, 0.1) is 11.2 Å². The second-order valence-corrected chi connectivity index (χ2v) is 6.28. The number of benzene rings is 1. The van der Waals surface area contributed by atoms with Crippen LogP contribution in [-0.2, 0) is 0 Å². The minimum Gasteiger partial charge on any atom is -0.443 e. The molecule has 2 amide bonds. The molecule has 0 saturated carbocycles. The van der Waals surface area contributed by atoms with Crippen LogP contribution in [0, 0.1) is 0 Å². The molecular weight excluding hydrogens is 336 g/mol. The minimum absolute atomic E-state index is 0.249. The molecule has 1 aromatic carbocycles. The van der Waals surface area contributed by atoms with E-state index in [4.69, 9.17) is 22.1 Å². The summed E-state index contributed by atoms with van der Waals surface area (Å²) in [7, 11) is 0. The molecular formula is C15H19ClN4O2S. The molecule has 0 atom stereocenters. The van der Waals surface area contributed by atoms with E-state index in [1.807, 2.05) is 0 Å². The number of nitrogens with two attached hydrogens (primary N) is 1. The highest BCUT2D eigenvalue weighted by Gasteiger charge is 2.08. The Bertz CT molecular complexity index is 663. The summed E-state index contributed by atoms with van der Waals surface area (Å²) in [5.41, 5.74) is 6.14. The number of hydrogen-bond acceptors (Lipinski definition) is 5. The Morgan fingerprint density at radius 3 is 2.91 bits per heavy atom. The molecule has 0 saturated heterocycles. The standard InChI is InChI=1S/C15H19ClN4O2S/c1-2-3-4-7-18-15(21)20-10-5-6-12(11(16)8-10)22-13-9-19-14(17)23-13/h5-6,8-9H,2-4,7H2,1H3,(H2,17,19)(H2,18,20,21). The fraction of sp³-hybridized carbons (Fsp3) is 0.333. The van der Waals surface area contributed by atoms with Crippen LogP contribution in [0.3, 0.4) is 0 Å². The molecule has 1 aromatic heterocycles. The van der Waals surface area contributed by atoms with Crippen molar-refractivity contribution < 1.29 is 9.53 Å². The summed E-state index contributed by atoms with van der Waals surface area (Å²) in [6.45, 7) is 2.77. The van der Waals surface area contributed by atoms with Crippen LogP contribution in [0.5, 0.6) is 10.8 Å². The van der Waals surface area contributed by atoms with E-state index in [1.165, 1.54) is 17.5 Å². The Labute approximate surface area is 144 Å². The smallest absolute Gasteiger partial charge is 0.319 e. The molecule has 1 heterocycles. The van der Waals surface area contributed by atoms with Gasteiger partial charge in [-0.15, -0.1) is 0 Å². The number of rotatable bonds is 7. The molecule has 23 heavy (non-hydrogen) atoms. The number of halogens is 1. The maximum absolute atomic E-state index is 11.7. The molecule has 4 N–H and O–H groups in total. The third kappa shape index (κ3) is 5.61. The molecule has 124 valence electrons. The van der Waals surface area contributed by atoms with Gasteiger partial charge in [-0.3, -0.25) is 0 Å². The molecule has 0 spiro atoms. The first-order valence-corrected chi connectivity index (χ1v) is 8.51. The van der Waals surface area contributed by atoms with Crippen molar-refractivity contribution in [3.63, 3.8) is 0 Å². The number of nitrogens with one attached hydrogen (secondary N) is 2. The van der Waals surface area contributed by atoms with Gasteiger partial charge in [-0.25, -0.2) is 9.78 Å². The van der Waals surface area contributed by atoms with Gasteiger partial charge in [0.2, 0.25) is 5.06 Å². The Kier molecular flexibility index (Phi) is 6.49. The Balaban J connectivity index is 1.89. The average molecular weight is 355 g/mol. The average Bonchev–Trinajstić information content (AvgIpc) is 2.92. The number of nitrogen functional groups attached to an aromatic ring is 1. The lowest BCUT2D eigenvalue weighted by atomic mass is 10.2. The third-order valence-corrected chi connectivity index (χ3v) is 3.97. The molecule has 0 radical (unpaired) electrons. The zero-order valence-corrected chi connectivity index (χ0v) is 14.3. The van der Waals surface area contributed by atoms with E-state index in [-0.39, 0.29) is 6.03 Å². The van der Waals surface area contributed by atoms with Crippen LogP contribution in [0.2, 0.25) is 5.02 Å². The highest BCUT2D eigenvalue weighted by molar-refractivity contribution is 7.17. The van der Waals surface area contributed by atoms with Gasteiger partial charge in [-0.2, -0.15) is 0 Å². The Hall–Kier alpha value is -1.99. The number of unbranched alkanes of at least 4 members (excludes halogenated alkanes) is 2. The van der Waals surface area contributed by atoms with Gasteiger partial charge in [0.25, 0.3) is 0 Å². The quantitative estimate of drug-likeness (QED) is 0.639. The number of thiazole rings is 1. The number of urea groups is 1. The first kappa shape index (κ1) is 17.4. The molecule has 2 rings (SSSR count). The fourth-order valence-corrected chi connectivity index (χ4v) is 2.61. The SMILES string of the molecule is CCCCCNC(=O)Nc1ccc(Oc2cnc(N)s2)c(Cl)c1. The minimum atomic E-state index is -0.249. The summed E-state index contributed by atoms with van der Waals surface area (Å²) in [4.78, 5) is 15.7. The fourth-order valence-electron chi connectivity index (χ4n) is 1.84. The van der Waals surface area contributed by atoms with Gasteiger partial charge in [-0.05, 0) is 24.6 Å². The highest BCUT2D eigenvalue weighted by atomic mass is 35.5. The van der Waals surface area contributed by atoms with E-state index in [1.54, 1.807) is 18.2 Å². The maximum Gasteiger partial charge on any atom is 0.319 e. The lowest BCUT2D eigenvalue weighted by Gasteiger charge is -2.10. The number of ether oxygens (including phenoxy) is 1. The zero-order valence-electron chi connectivity index (χ0n) is 12.8. The van der Waals surface area contributed by atoms with Gasteiger partial charge < -0.3 is 21.1 Å². The molecule has 8 heteroatoms. The van der Waals surface area contributed by atoms with Crippen molar-refractivity contribution in [3.8, 4) is 10.8 Å². The number of aromatic nitrogens is 1. The van der Waals surface area contributed by atoms with E-state index in [0.29, 0.717) is 33.2 Å². The van der Waals surface area contributed by atoms with Crippen LogP contribution in [0.15, 0.2) is 24.4 Å². The molecule has 0 unspecified atom stereocenters. The van der Waals surface area contributed by atoms with Crippen molar-refractivity contribution >= 4 is 39.8 Å². The van der Waals surface area contributed by atoms with Crippen LogP contribution in [-0.4, -0.2) is 17.6 Å². The number of hydrogen-bond donors (Lipinski definition) is 3. The first-order chi connectivity index (χ1) is 11.1. The van der Waals surface area contributed by atoms with E-state index >= 15 is 0 Å². The molecule has 0 aliphatic heterocycles. The summed E-state index contributed by atoms with van der Waals surface area (Å²) in [6, 6.07) is 4.79. The first-order valence-electron chi connectivity index (χ1n) is 7.32. The van der Waals surface area contributed by atoms with Crippen molar-refractivity contribution in [1.82, 2.24) is 10.3 Å². The van der Waals surface area contributed by atoms with E-state index in [2.05, 4.69) is 22.5 Å². The number of carbonyl (C=O) groups excluding carboxylic acids is 1. The van der Waals surface area contributed by atoms with Crippen LogP contribution in [0.1, 0.15) is 26.2 Å². The molecule has 6 nitrogen and oxygen atoms in total. The van der Waals surface area contributed by atoms with Gasteiger partial charge in [0, 0.05) is 12.2 Å². The second kappa shape index (κ2) is 8.59. The Morgan fingerprint density at radius 1 is 1.43 bits per heavy atom. The molecule has 0 bridgehead atoms. The van der Waals surface area contributed by atoms with Crippen molar-refractivity contribution in [3.05, 3.63) is 29.4 Å². The molecule has 0 fully saturated rings. The maximum atomic E-state index is 11.7. The van der Waals surface area contributed by atoms with Gasteiger partial charge in [0.1, 0.15) is 5.75 Å². The number of nitrogens with zero attached hydrogens (tertiary/aromatic N) is 1. The lowest BCUT2D eigenvalue weighted by molar-refractivity contribution is 0.252. The van der Waals surface area contributed by atoms with Gasteiger partial charge >= 0.3 is 6.03 Å². The van der Waals surface area contributed by atoms with Crippen LogP contribution >= 0.6 is 22.9 Å². The van der Waals surface area contributed by atoms with Crippen molar-refractivity contribution in [1.29, 1.82) is 0 Å². The lowest BCUT2D eigenvalue weighted by Crippen LogP contribution is -2.29. The van der Waals surface area contributed by atoms with E-state index in [0.717, 1.165) is 19.3 Å². The van der Waals surface area contributed by atoms with Crippen LogP contribution in [0.25, 0.3) is 0 Å². The number of anilines is 2. The third-order valence-electron chi connectivity index (χ3n) is 2.97. The topological polar surface area (TPSA) is 89.3 Å². The summed E-state index contributed by atoms with van der Waals surface area (Å²) >= 11 is 7.40. The number of amides is 2. The van der Waals surface area contributed by atoms with E-state index < -0.39 is 0 Å². The van der Waals surface area contributed by atoms with Gasteiger partial charge in [-0.1, -0.05) is 42.7 Å². The summed E-state index contributed by atoms with van der Waals surface area (Å²) in [6.07, 6.45) is 4.72. The zero-order chi connectivity index (χ0) is 16.7. The highest BCUT2D eigenvalue weighted by Crippen LogP contribution is 2.34. The number of carbonyl (C=O) groups is 1. The van der Waals surface area contributed by atoms with Gasteiger partial charge in [0.15, 0.2) is 5.13 Å². The largest absolute Gasteiger partial charge is 0.443 e. The monoisotopic (exact) mass is 354 g/mol. The predicted octanol–water partition coefficient (Wildman–Crippen LogP) is 4.48. The predicted molar refractivity (Wildman–Crippen MR) is 94.6 cm³/mol. The summed E-state index contributed by atoms with van der Waals surface area (Å²) < 4.78 is 5.60. The second-order valence-electron chi connectivity index (χ2n) is 4.85. The molecule has 0 aliphatic rings. The molecule has 0 aliphatic carbocycles. The van der Waals surface area contributed by atoms with Crippen LogP contribution in [0.4, 0.5) is 15.6 Å². The summed E-state index contributed by atoms with van der Waals surface area (Å²) in [5, 5.41) is 6.90. The van der Waals surface area contributed by atoms with Crippen molar-refractivity contribution in [2.75, 3.05) is 17.6 Å². The normalized spacial score (nSPS) is 10.3. The molecule has 2 aromatic rings. The van der Waals surface area contributed by atoms with E-state index in [9.17, 15) is 4.79 Å².